The minimum absolute atomic E-state index is 0. The number of nitrogens with zero attached hydrogens (tertiary/aromatic N) is 4. The molecule has 1 aromatic heterocycles. The third-order valence-corrected chi connectivity index (χ3v) is 3.36. The number of halogens is 2. The van der Waals surface area contributed by atoms with Crippen molar-refractivity contribution in [2.45, 2.75) is 26.9 Å². The molecular formula is C15H21ClIN5O. The number of nitrogens with one attached hydrogen (secondary N) is 1. The summed E-state index contributed by atoms with van der Waals surface area (Å²) >= 11 is 6.21. The van der Waals surface area contributed by atoms with Crippen LogP contribution in [-0.4, -0.2) is 34.6 Å². The van der Waals surface area contributed by atoms with Gasteiger partial charge in [0.05, 0.1) is 0 Å². The Morgan fingerprint density at radius 1 is 1.39 bits per heavy atom. The molecule has 0 atom stereocenters. The minimum Gasteiger partial charge on any atom is -0.357 e. The lowest BCUT2D eigenvalue weighted by Crippen LogP contribution is -2.38. The zero-order valence-corrected chi connectivity index (χ0v) is 16.5. The van der Waals surface area contributed by atoms with Gasteiger partial charge >= 0.3 is 0 Å². The van der Waals surface area contributed by atoms with E-state index in [0.29, 0.717) is 24.8 Å². The summed E-state index contributed by atoms with van der Waals surface area (Å²) in [4.78, 5) is 10.7. The van der Waals surface area contributed by atoms with Gasteiger partial charge in [0.15, 0.2) is 11.8 Å². The zero-order chi connectivity index (χ0) is 15.9. The number of aliphatic imine (C=N–C) groups is 1. The lowest BCUT2D eigenvalue weighted by atomic mass is 10.2. The molecule has 0 aliphatic rings. The normalized spacial score (nSPS) is 11.0. The molecule has 1 aromatic carbocycles. The monoisotopic (exact) mass is 449 g/mol. The van der Waals surface area contributed by atoms with E-state index >= 15 is 0 Å². The fourth-order valence-electron chi connectivity index (χ4n) is 1.97. The highest BCUT2D eigenvalue weighted by Crippen LogP contribution is 2.16. The molecule has 2 aromatic rings. The van der Waals surface area contributed by atoms with Crippen molar-refractivity contribution in [3.8, 4) is 0 Å². The molecule has 0 aliphatic carbocycles. The summed E-state index contributed by atoms with van der Waals surface area (Å²) in [5, 5.41) is 7.75. The molecule has 2 rings (SSSR count). The molecule has 0 saturated carbocycles. The van der Waals surface area contributed by atoms with Crippen molar-refractivity contribution >= 4 is 41.5 Å². The molecule has 1 heterocycles. The summed E-state index contributed by atoms with van der Waals surface area (Å²) in [5.41, 5.74) is 1.05. The van der Waals surface area contributed by atoms with E-state index in [4.69, 9.17) is 16.1 Å². The highest BCUT2D eigenvalue weighted by atomic mass is 127. The Hall–Kier alpha value is -1.35. The van der Waals surface area contributed by atoms with Crippen molar-refractivity contribution < 1.29 is 4.52 Å². The molecule has 23 heavy (non-hydrogen) atoms. The fraction of sp³-hybridized carbons (Fsp3) is 0.400. The van der Waals surface area contributed by atoms with Crippen LogP contribution < -0.4 is 5.32 Å². The van der Waals surface area contributed by atoms with Gasteiger partial charge in [-0.2, -0.15) is 4.98 Å². The maximum absolute atomic E-state index is 6.21. The first-order valence-corrected chi connectivity index (χ1v) is 7.50. The van der Waals surface area contributed by atoms with Gasteiger partial charge in [0.25, 0.3) is 0 Å². The summed E-state index contributed by atoms with van der Waals surface area (Å²) in [6, 6.07) is 7.78. The number of benzene rings is 1. The van der Waals surface area contributed by atoms with Crippen molar-refractivity contribution in [1.29, 1.82) is 0 Å². The molecule has 0 fully saturated rings. The Morgan fingerprint density at radius 2 is 2.13 bits per heavy atom. The van der Waals surface area contributed by atoms with Gasteiger partial charge in [-0.05, 0) is 25.5 Å². The maximum Gasteiger partial charge on any atom is 0.248 e. The number of guanidine groups is 1. The van der Waals surface area contributed by atoms with Crippen LogP contribution in [0.2, 0.25) is 5.02 Å². The quantitative estimate of drug-likeness (QED) is 0.431. The van der Waals surface area contributed by atoms with Gasteiger partial charge in [-0.1, -0.05) is 35.0 Å². The smallest absolute Gasteiger partial charge is 0.248 e. The molecule has 6 nitrogen and oxygen atoms in total. The number of hydrogen-bond acceptors (Lipinski definition) is 4. The van der Waals surface area contributed by atoms with E-state index in [1.165, 1.54) is 0 Å². The highest BCUT2D eigenvalue weighted by molar-refractivity contribution is 14.0. The van der Waals surface area contributed by atoms with Gasteiger partial charge in [0.2, 0.25) is 5.89 Å². The molecule has 0 saturated heterocycles. The van der Waals surface area contributed by atoms with Crippen LogP contribution in [0, 0.1) is 6.92 Å². The topological polar surface area (TPSA) is 66.5 Å². The van der Waals surface area contributed by atoms with Gasteiger partial charge in [-0.15, -0.1) is 24.0 Å². The van der Waals surface area contributed by atoms with Gasteiger partial charge < -0.3 is 14.7 Å². The van der Waals surface area contributed by atoms with Gasteiger partial charge in [0.1, 0.15) is 6.54 Å². The first kappa shape index (κ1) is 19.7. The second kappa shape index (κ2) is 9.71. The van der Waals surface area contributed by atoms with Crippen LogP contribution >= 0.6 is 35.6 Å². The van der Waals surface area contributed by atoms with Gasteiger partial charge in [-0.3, -0.25) is 0 Å². The Balaban J connectivity index is 0.00000264. The summed E-state index contributed by atoms with van der Waals surface area (Å²) in [7, 11) is 1.96. The second-order valence-corrected chi connectivity index (χ2v) is 5.26. The van der Waals surface area contributed by atoms with E-state index in [9.17, 15) is 0 Å². The second-order valence-electron chi connectivity index (χ2n) is 4.85. The van der Waals surface area contributed by atoms with Crippen LogP contribution in [-0.2, 0) is 13.1 Å². The largest absolute Gasteiger partial charge is 0.357 e. The van der Waals surface area contributed by atoms with E-state index in [-0.39, 0.29) is 24.0 Å². The molecule has 0 unspecified atom stereocenters. The number of hydrogen-bond donors (Lipinski definition) is 1. The summed E-state index contributed by atoms with van der Waals surface area (Å²) < 4.78 is 5.07. The predicted octanol–water partition coefficient (Wildman–Crippen LogP) is 3.25. The third-order valence-electron chi connectivity index (χ3n) is 3.00. The highest BCUT2D eigenvalue weighted by Gasteiger charge is 2.09. The molecule has 0 aliphatic heterocycles. The van der Waals surface area contributed by atoms with Crippen LogP contribution in [0.15, 0.2) is 33.8 Å². The Morgan fingerprint density at radius 3 is 2.74 bits per heavy atom. The molecule has 0 spiro atoms. The maximum atomic E-state index is 6.21. The summed E-state index contributed by atoms with van der Waals surface area (Å²) in [6.07, 6.45) is 0. The molecule has 0 radical (unpaired) electrons. The Bertz CT molecular complexity index is 646. The Labute approximate surface area is 158 Å². The van der Waals surface area contributed by atoms with E-state index in [1.807, 2.05) is 43.1 Å². The van der Waals surface area contributed by atoms with E-state index in [1.54, 1.807) is 6.92 Å². The van der Waals surface area contributed by atoms with Crippen molar-refractivity contribution in [3.05, 3.63) is 46.6 Å². The van der Waals surface area contributed by atoms with Crippen molar-refractivity contribution in [2.24, 2.45) is 4.99 Å². The first-order chi connectivity index (χ1) is 10.6. The minimum atomic E-state index is 0. The van der Waals surface area contributed by atoms with Crippen LogP contribution in [0.1, 0.15) is 24.2 Å². The van der Waals surface area contributed by atoms with E-state index in [2.05, 4.69) is 20.4 Å². The van der Waals surface area contributed by atoms with Crippen molar-refractivity contribution in [2.75, 3.05) is 13.6 Å². The van der Waals surface area contributed by atoms with E-state index in [0.717, 1.165) is 23.1 Å². The summed E-state index contributed by atoms with van der Waals surface area (Å²) in [6.45, 7) is 5.58. The van der Waals surface area contributed by atoms with Crippen molar-refractivity contribution in [3.63, 3.8) is 0 Å². The molecule has 0 amide bonds. The standard InChI is InChI=1S/C15H20ClN5O.HI/c1-4-17-15(18-9-14-19-11(2)20-22-14)21(3)10-12-7-5-6-8-13(12)16;/h5-8H,4,9-10H2,1-3H3,(H,17,18);1H. The lowest BCUT2D eigenvalue weighted by Gasteiger charge is -2.22. The van der Waals surface area contributed by atoms with Gasteiger partial charge in [0, 0.05) is 25.2 Å². The number of aryl methyl sites for hydroxylation is 1. The molecule has 1 N–H and O–H groups in total. The van der Waals surface area contributed by atoms with E-state index < -0.39 is 0 Å². The molecule has 8 heteroatoms. The lowest BCUT2D eigenvalue weighted by molar-refractivity contribution is 0.375. The van der Waals surface area contributed by atoms with Crippen molar-refractivity contribution in [1.82, 2.24) is 20.4 Å². The fourth-order valence-corrected chi connectivity index (χ4v) is 2.17. The average Bonchev–Trinajstić information content (AvgIpc) is 2.91. The van der Waals surface area contributed by atoms with Crippen LogP contribution in [0.4, 0.5) is 0 Å². The number of rotatable bonds is 5. The SMILES string of the molecule is CCNC(=NCc1nc(C)no1)N(C)Cc1ccccc1Cl.I. The predicted molar refractivity (Wildman–Crippen MR) is 102 cm³/mol. The Kier molecular flexibility index (Phi) is 8.32. The zero-order valence-electron chi connectivity index (χ0n) is 13.4. The summed E-state index contributed by atoms with van der Waals surface area (Å²) in [5.74, 6) is 1.87. The molecular weight excluding hydrogens is 429 g/mol. The average molecular weight is 450 g/mol. The van der Waals surface area contributed by atoms with Crippen LogP contribution in [0.5, 0.6) is 0 Å². The molecule has 126 valence electrons. The van der Waals surface area contributed by atoms with Crippen LogP contribution in [0.25, 0.3) is 0 Å². The third kappa shape index (κ3) is 5.98. The first-order valence-electron chi connectivity index (χ1n) is 7.12. The number of aromatic nitrogens is 2. The molecule has 0 bridgehead atoms. The van der Waals surface area contributed by atoms with Gasteiger partial charge in [-0.25, -0.2) is 4.99 Å². The van der Waals surface area contributed by atoms with Crippen LogP contribution in [0.3, 0.4) is 0 Å².